The molecule has 1 aromatic rings. The SMILES string of the molecule is CS(=O)(=O)N1CCC[C@H]1C(=O)Nc1cccc2c1CCCC2. The predicted molar refractivity (Wildman–Crippen MR) is 86.3 cm³/mol. The average molecular weight is 322 g/mol. The summed E-state index contributed by atoms with van der Waals surface area (Å²) in [5.74, 6) is -0.207. The molecule has 120 valence electrons. The third kappa shape index (κ3) is 3.03. The summed E-state index contributed by atoms with van der Waals surface area (Å²) >= 11 is 0. The first-order valence-electron chi connectivity index (χ1n) is 7.85. The first-order valence-corrected chi connectivity index (χ1v) is 9.70. The molecule has 1 amide bonds. The number of amides is 1. The fourth-order valence-electron chi connectivity index (χ4n) is 3.51. The van der Waals surface area contributed by atoms with E-state index in [1.54, 1.807) is 0 Å². The average Bonchev–Trinajstić information content (AvgIpc) is 2.97. The normalized spacial score (nSPS) is 22.3. The standard InChI is InChI=1S/C16H22N2O3S/c1-22(20,21)18-11-5-10-15(18)16(19)17-14-9-4-7-12-6-2-3-8-13(12)14/h4,7,9,15H,2-3,5-6,8,10-11H2,1H3,(H,17,19)/t15-/m0/s1. The zero-order chi connectivity index (χ0) is 15.7. The number of hydrogen-bond acceptors (Lipinski definition) is 3. The van der Waals surface area contributed by atoms with E-state index in [0.717, 1.165) is 31.4 Å². The maximum absolute atomic E-state index is 12.5. The topological polar surface area (TPSA) is 66.5 Å². The number of nitrogens with one attached hydrogen (secondary N) is 1. The van der Waals surface area contributed by atoms with Gasteiger partial charge in [-0.2, -0.15) is 4.31 Å². The predicted octanol–water partition coefficient (Wildman–Crippen LogP) is 1.93. The van der Waals surface area contributed by atoms with Crippen molar-refractivity contribution < 1.29 is 13.2 Å². The van der Waals surface area contributed by atoms with E-state index in [4.69, 9.17) is 0 Å². The fraction of sp³-hybridized carbons (Fsp3) is 0.562. The summed E-state index contributed by atoms with van der Waals surface area (Å²) in [6.07, 6.45) is 6.85. The van der Waals surface area contributed by atoms with Gasteiger partial charge in [-0.15, -0.1) is 0 Å². The van der Waals surface area contributed by atoms with Gasteiger partial charge in [-0.1, -0.05) is 12.1 Å². The second-order valence-corrected chi connectivity index (χ2v) is 8.11. The summed E-state index contributed by atoms with van der Waals surface area (Å²) < 4.78 is 24.9. The lowest BCUT2D eigenvalue weighted by molar-refractivity contribution is -0.119. The third-order valence-electron chi connectivity index (χ3n) is 4.59. The molecule has 6 heteroatoms. The Labute approximate surface area is 131 Å². The van der Waals surface area contributed by atoms with Crippen LogP contribution in [0.25, 0.3) is 0 Å². The molecule has 1 saturated heterocycles. The fourth-order valence-corrected chi connectivity index (χ4v) is 4.64. The minimum Gasteiger partial charge on any atom is -0.324 e. The summed E-state index contributed by atoms with van der Waals surface area (Å²) in [5, 5.41) is 2.97. The second-order valence-electron chi connectivity index (χ2n) is 6.17. The lowest BCUT2D eigenvalue weighted by Gasteiger charge is -2.24. The number of rotatable bonds is 3. The maximum atomic E-state index is 12.5. The monoisotopic (exact) mass is 322 g/mol. The highest BCUT2D eigenvalue weighted by molar-refractivity contribution is 7.88. The Morgan fingerprint density at radius 1 is 1.23 bits per heavy atom. The van der Waals surface area contributed by atoms with Crippen molar-refractivity contribution >= 4 is 21.6 Å². The summed E-state index contributed by atoms with van der Waals surface area (Å²) in [5.41, 5.74) is 3.36. The van der Waals surface area contributed by atoms with Crippen LogP contribution in [0.15, 0.2) is 18.2 Å². The van der Waals surface area contributed by atoms with E-state index in [1.807, 2.05) is 12.1 Å². The van der Waals surface area contributed by atoms with Gasteiger partial charge in [-0.25, -0.2) is 8.42 Å². The molecule has 22 heavy (non-hydrogen) atoms. The largest absolute Gasteiger partial charge is 0.324 e. The van der Waals surface area contributed by atoms with E-state index in [2.05, 4.69) is 11.4 Å². The van der Waals surface area contributed by atoms with Gasteiger partial charge in [0.05, 0.1) is 6.26 Å². The number of fused-ring (bicyclic) bond motifs is 1. The maximum Gasteiger partial charge on any atom is 0.242 e. The van der Waals surface area contributed by atoms with Crippen molar-refractivity contribution in [2.45, 2.75) is 44.6 Å². The van der Waals surface area contributed by atoms with Crippen LogP contribution < -0.4 is 5.32 Å². The first-order chi connectivity index (χ1) is 10.5. The van der Waals surface area contributed by atoms with Crippen LogP contribution in [0.1, 0.15) is 36.8 Å². The number of aryl methyl sites for hydroxylation is 1. The van der Waals surface area contributed by atoms with Gasteiger partial charge < -0.3 is 5.32 Å². The highest BCUT2D eigenvalue weighted by atomic mass is 32.2. The van der Waals surface area contributed by atoms with Crippen molar-refractivity contribution in [1.29, 1.82) is 0 Å². The lowest BCUT2D eigenvalue weighted by atomic mass is 9.90. The molecule has 0 unspecified atom stereocenters. The molecule has 1 fully saturated rings. The van der Waals surface area contributed by atoms with Gasteiger partial charge in [0, 0.05) is 12.2 Å². The molecule has 2 aliphatic rings. The first kappa shape index (κ1) is 15.5. The summed E-state index contributed by atoms with van der Waals surface area (Å²) in [6.45, 7) is 0.434. The van der Waals surface area contributed by atoms with Crippen molar-refractivity contribution in [2.24, 2.45) is 0 Å². The van der Waals surface area contributed by atoms with E-state index in [9.17, 15) is 13.2 Å². The van der Waals surface area contributed by atoms with Crippen molar-refractivity contribution in [3.63, 3.8) is 0 Å². The minimum atomic E-state index is -3.33. The molecule has 0 aromatic heterocycles. The second kappa shape index (κ2) is 6.01. The van der Waals surface area contributed by atoms with Crippen LogP contribution in [0, 0.1) is 0 Å². The van der Waals surface area contributed by atoms with Crippen LogP contribution >= 0.6 is 0 Å². The smallest absolute Gasteiger partial charge is 0.242 e. The third-order valence-corrected chi connectivity index (χ3v) is 5.88. The van der Waals surface area contributed by atoms with Gasteiger partial charge in [-0.05, 0) is 55.7 Å². The molecule has 1 atom stereocenters. The van der Waals surface area contributed by atoms with E-state index >= 15 is 0 Å². The van der Waals surface area contributed by atoms with Gasteiger partial charge in [-0.3, -0.25) is 4.79 Å². The van der Waals surface area contributed by atoms with Gasteiger partial charge in [0.2, 0.25) is 15.9 Å². The number of hydrogen-bond donors (Lipinski definition) is 1. The van der Waals surface area contributed by atoms with Crippen LogP contribution in [0.4, 0.5) is 5.69 Å². The Bertz CT molecular complexity index is 685. The van der Waals surface area contributed by atoms with E-state index < -0.39 is 16.1 Å². The molecular formula is C16H22N2O3S. The van der Waals surface area contributed by atoms with Gasteiger partial charge >= 0.3 is 0 Å². The highest BCUT2D eigenvalue weighted by Gasteiger charge is 2.36. The van der Waals surface area contributed by atoms with E-state index in [1.165, 1.54) is 28.1 Å². The van der Waals surface area contributed by atoms with Crippen molar-refractivity contribution in [3.05, 3.63) is 29.3 Å². The molecule has 3 rings (SSSR count). The Morgan fingerprint density at radius 2 is 2.00 bits per heavy atom. The number of nitrogens with zero attached hydrogens (tertiary/aromatic N) is 1. The molecular weight excluding hydrogens is 300 g/mol. The Hall–Kier alpha value is -1.40. The molecule has 0 spiro atoms. The highest BCUT2D eigenvalue weighted by Crippen LogP contribution is 2.29. The zero-order valence-corrected chi connectivity index (χ0v) is 13.7. The Morgan fingerprint density at radius 3 is 2.77 bits per heavy atom. The van der Waals surface area contributed by atoms with Gasteiger partial charge in [0.15, 0.2) is 0 Å². The molecule has 1 aromatic carbocycles. The van der Waals surface area contributed by atoms with Crippen molar-refractivity contribution in [3.8, 4) is 0 Å². The molecule has 0 saturated carbocycles. The van der Waals surface area contributed by atoms with Crippen molar-refractivity contribution in [1.82, 2.24) is 4.31 Å². The van der Waals surface area contributed by atoms with E-state index in [0.29, 0.717) is 13.0 Å². The Balaban J connectivity index is 1.80. The number of carbonyl (C=O) groups is 1. The van der Waals surface area contributed by atoms with Gasteiger partial charge in [0.25, 0.3) is 0 Å². The molecule has 1 aliphatic heterocycles. The van der Waals surface area contributed by atoms with Crippen molar-refractivity contribution in [2.75, 3.05) is 18.1 Å². The summed E-state index contributed by atoms with van der Waals surface area (Å²) in [4.78, 5) is 12.5. The van der Waals surface area contributed by atoms with Crippen LogP contribution in [0.5, 0.6) is 0 Å². The van der Waals surface area contributed by atoms with Crippen LogP contribution in [0.2, 0.25) is 0 Å². The zero-order valence-electron chi connectivity index (χ0n) is 12.8. The molecule has 0 bridgehead atoms. The Kier molecular flexibility index (Phi) is 4.23. The van der Waals surface area contributed by atoms with Gasteiger partial charge in [0.1, 0.15) is 6.04 Å². The summed E-state index contributed by atoms with van der Waals surface area (Å²) in [6, 6.07) is 5.42. The number of benzene rings is 1. The van der Waals surface area contributed by atoms with Crippen LogP contribution in [-0.2, 0) is 27.7 Å². The molecule has 1 heterocycles. The molecule has 1 N–H and O–H groups in total. The van der Waals surface area contributed by atoms with E-state index in [-0.39, 0.29) is 5.91 Å². The number of anilines is 1. The molecule has 1 aliphatic carbocycles. The number of sulfonamides is 1. The lowest BCUT2D eigenvalue weighted by Crippen LogP contribution is -2.42. The molecule has 0 radical (unpaired) electrons. The summed E-state index contributed by atoms with van der Waals surface area (Å²) in [7, 11) is -3.33. The minimum absolute atomic E-state index is 0.207. The number of carbonyl (C=O) groups excluding carboxylic acids is 1. The quantitative estimate of drug-likeness (QED) is 0.924. The van der Waals surface area contributed by atoms with Crippen LogP contribution in [0.3, 0.4) is 0 Å². The molecule has 5 nitrogen and oxygen atoms in total. The van der Waals surface area contributed by atoms with Crippen LogP contribution in [-0.4, -0.2) is 37.5 Å².